The number of aliphatic hydroxyl groups excluding tert-OH is 2. The van der Waals surface area contributed by atoms with Gasteiger partial charge in [0.05, 0.1) is 12.2 Å². The summed E-state index contributed by atoms with van der Waals surface area (Å²) in [4.78, 5) is 0. The zero-order valence-electron chi connectivity index (χ0n) is 10.8. The normalized spacial score (nSPS) is 13.9. The second-order valence-corrected chi connectivity index (χ2v) is 4.43. The van der Waals surface area contributed by atoms with Crippen LogP contribution in [0.1, 0.15) is 49.0 Å². The Labute approximate surface area is 109 Å². The molecule has 0 aromatic heterocycles. The standard InChI is InChI=1S/C16H22O2/c1-3-5-7-15(17)13-9-11-14(12-10-13)16(18)8-6-4-2/h3-4,9-12,15-18H,1-2,5-8H2. The van der Waals surface area contributed by atoms with Gasteiger partial charge in [-0.25, -0.2) is 0 Å². The van der Waals surface area contributed by atoms with E-state index in [-0.39, 0.29) is 0 Å². The van der Waals surface area contributed by atoms with Crippen LogP contribution in [0.5, 0.6) is 0 Å². The van der Waals surface area contributed by atoms with E-state index in [1.54, 1.807) is 12.2 Å². The molecule has 0 spiro atoms. The molecular formula is C16H22O2. The van der Waals surface area contributed by atoms with Crippen molar-refractivity contribution in [1.82, 2.24) is 0 Å². The van der Waals surface area contributed by atoms with E-state index in [1.807, 2.05) is 24.3 Å². The number of hydrogen-bond donors (Lipinski definition) is 2. The lowest BCUT2D eigenvalue weighted by Gasteiger charge is -2.13. The molecule has 1 aromatic carbocycles. The summed E-state index contributed by atoms with van der Waals surface area (Å²) in [5, 5.41) is 19.8. The van der Waals surface area contributed by atoms with Gasteiger partial charge in [-0.3, -0.25) is 0 Å². The number of aliphatic hydroxyl groups is 2. The maximum absolute atomic E-state index is 9.90. The van der Waals surface area contributed by atoms with E-state index in [1.165, 1.54) is 0 Å². The highest BCUT2D eigenvalue weighted by molar-refractivity contribution is 5.25. The predicted molar refractivity (Wildman–Crippen MR) is 75.2 cm³/mol. The first kappa shape index (κ1) is 14.7. The second kappa shape index (κ2) is 7.85. The number of allylic oxidation sites excluding steroid dienone is 2. The molecule has 0 bridgehead atoms. The predicted octanol–water partition coefficient (Wildman–Crippen LogP) is 3.69. The average Bonchev–Trinajstić information content (AvgIpc) is 2.42. The zero-order chi connectivity index (χ0) is 13.4. The van der Waals surface area contributed by atoms with Gasteiger partial charge in [0, 0.05) is 0 Å². The number of rotatable bonds is 8. The SMILES string of the molecule is C=CCCC(O)c1ccc(C(O)CCC=C)cc1. The van der Waals surface area contributed by atoms with Gasteiger partial charge in [-0.1, -0.05) is 36.4 Å². The molecule has 0 aliphatic heterocycles. The summed E-state index contributed by atoms with van der Waals surface area (Å²) in [6.45, 7) is 7.28. The molecule has 0 saturated heterocycles. The lowest BCUT2D eigenvalue weighted by atomic mass is 9.99. The molecule has 0 aliphatic rings. The van der Waals surface area contributed by atoms with E-state index < -0.39 is 12.2 Å². The van der Waals surface area contributed by atoms with Crippen molar-refractivity contribution in [1.29, 1.82) is 0 Å². The summed E-state index contributed by atoms with van der Waals surface area (Å²) in [6.07, 6.45) is 5.65. The summed E-state index contributed by atoms with van der Waals surface area (Å²) in [5.41, 5.74) is 1.77. The minimum absolute atomic E-state index is 0.456. The summed E-state index contributed by atoms with van der Waals surface area (Å²) in [5.74, 6) is 0. The molecule has 98 valence electrons. The Balaban J connectivity index is 2.61. The van der Waals surface area contributed by atoms with Crippen molar-refractivity contribution in [2.24, 2.45) is 0 Å². The molecule has 0 fully saturated rings. The zero-order valence-corrected chi connectivity index (χ0v) is 10.8. The van der Waals surface area contributed by atoms with E-state index in [0.29, 0.717) is 12.8 Å². The summed E-state index contributed by atoms with van der Waals surface area (Å²) >= 11 is 0. The van der Waals surface area contributed by atoms with Crippen LogP contribution in [0, 0.1) is 0 Å². The second-order valence-electron chi connectivity index (χ2n) is 4.43. The Bertz CT molecular complexity index is 330. The van der Waals surface area contributed by atoms with E-state index in [0.717, 1.165) is 24.0 Å². The van der Waals surface area contributed by atoms with Gasteiger partial charge in [-0.2, -0.15) is 0 Å². The van der Waals surface area contributed by atoms with Crippen LogP contribution in [0.25, 0.3) is 0 Å². The molecule has 2 heteroatoms. The Hall–Kier alpha value is -1.38. The van der Waals surface area contributed by atoms with Crippen LogP contribution in [0.2, 0.25) is 0 Å². The Morgan fingerprint density at radius 1 is 0.833 bits per heavy atom. The fourth-order valence-electron chi connectivity index (χ4n) is 1.83. The average molecular weight is 246 g/mol. The quantitative estimate of drug-likeness (QED) is 0.687. The lowest BCUT2D eigenvalue weighted by Crippen LogP contribution is -2.00. The molecule has 0 saturated carbocycles. The van der Waals surface area contributed by atoms with Gasteiger partial charge in [-0.15, -0.1) is 13.2 Å². The molecule has 0 aliphatic carbocycles. The molecule has 1 rings (SSSR count). The van der Waals surface area contributed by atoms with Crippen LogP contribution in [0.15, 0.2) is 49.6 Å². The Kier molecular flexibility index (Phi) is 6.40. The first-order valence-electron chi connectivity index (χ1n) is 6.36. The largest absolute Gasteiger partial charge is 0.388 e. The van der Waals surface area contributed by atoms with Crippen LogP contribution < -0.4 is 0 Å². The van der Waals surface area contributed by atoms with Crippen LogP contribution in [0.4, 0.5) is 0 Å². The van der Waals surface area contributed by atoms with Crippen molar-refractivity contribution >= 4 is 0 Å². The minimum Gasteiger partial charge on any atom is -0.388 e. The third-order valence-electron chi connectivity index (χ3n) is 2.99. The Morgan fingerprint density at radius 3 is 1.44 bits per heavy atom. The van der Waals surface area contributed by atoms with Gasteiger partial charge in [0.1, 0.15) is 0 Å². The van der Waals surface area contributed by atoms with E-state index in [4.69, 9.17) is 0 Å². The molecule has 0 amide bonds. The smallest absolute Gasteiger partial charge is 0.0793 e. The molecule has 2 N–H and O–H groups in total. The van der Waals surface area contributed by atoms with Gasteiger partial charge in [0.15, 0.2) is 0 Å². The van der Waals surface area contributed by atoms with Crippen LogP contribution in [-0.2, 0) is 0 Å². The molecule has 2 nitrogen and oxygen atoms in total. The van der Waals surface area contributed by atoms with Gasteiger partial charge in [0.2, 0.25) is 0 Å². The molecule has 0 radical (unpaired) electrons. The fraction of sp³-hybridized carbons (Fsp3) is 0.375. The van der Waals surface area contributed by atoms with Crippen molar-refractivity contribution in [3.05, 3.63) is 60.7 Å². The highest BCUT2D eigenvalue weighted by atomic mass is 16.3. The van der Waals surface area contributed by atoms with E-state index in [9.17, 15) is 10.2 Å². The van der Waals surface area contributed by atoms with Gasteiger partial charge in [-0.05, 0) is 36.8 Å². The molecule has 18 heavy (non-hydrogen) atoms. The van der Waals surface area contributed by atoms with Gasteiger partial charge < -0.3 is 10.2 Å². The molecule has 2 unspecified atom stereocenters. The molecule has 1 aromatic rings. The van der Waals surface area contributed by atoms with Gasteiger partial charge in [0.25, 0.3) is 0 Å². The third kappa shape index (κ3) is 4.47. The van der Waals surface area contributed by atoms with Crippen LogP contribution in [0.3, 0.4) is 0 Å². The highest BCUT2D eigenvalue weighted by Gasteiger charge is 2.09. The summed E-state index contributed by atoms with van der Waals surface area (Å²) in [7, 11) is 0. The van der Waals surface area contributed by atoms with Crippen LogP contribution >= 0.6 is 0 Å². The van der Waals surface area contributed by atoms with Crippen molar-refractivity contribution in [2.45, 2.75) is 37.9 Å². The van der Waals surface area contributed by atoms with Crippen molar-refractivity contribution < 1.29 is 10.2 Å². The van der Waals surface area contributed by atoms with E-state index >= 15 is 0 Å². The topological polar surface area (TPSA) is 40.5 Å². The van der Waals surface area contributed by atoms with Crippen molar-refractivity contribution in [3.63, 3.8) is 0 Å². The number of benzene rings is 1. The van der Waals surface area contributed by atoms with Crippen molar-refractivity contribution in [2.75, 3.05) is 0 Å². The summed E-state index contributed by atoms with van der Waals surface area (Å²) in [6, 6.07) is 7.50. The van der Waals surface area contributed by atoms with E-state index in [2.05, 4.69) is 13.2 Å². The maximum Gasteiger partial charge on any atom is 0.0793 e. The first-order valence-corrected chi connectivity index (χ1v) is 6.36. The molecule has 0 heterocycles. The molecular weight excluding hydrogens is 224 g/mol. The summed E-state index contributed by atoms with van der Waals surface area (Å²) < 4.78 is 0. The first-order chi connectivity index (χ1) is 8.69. The van der Waals surface area contributed by atoms with Gasteiger partial charge >= 0.3 is 0 Å². The van der Waals surface area contributed by atoms with Crippen molar-refractivity contribution in [3.8, 4) is 0 Å². The van der Waals surface area contributed by atoms with Crippen LogP contribution in [-0.4, -0.2) is 10.2 Å². The monoisotopic (exact) mass is 246 g/mol. The fourth-order valence-corrected chi connectivity index (χ4v) is 1.83. The number of hydrogen-bond acceptors (Lipinski definition) is 2. The third-order valence-corrected chi connectivity index (χ3v) is 2.99. The maximum atomic E-state index is 9.90. The minimum atomic E-state index is -0.456. The molecule has 2 atom stereocenters. The lowest BCUT2D eigenvalue weighted by molar-refractivity contribution is 0.165. The highest BCUT2D eigenvalue weighted by Crippen LogP contribution is 2.23. The Morgan fingerprint density at radius 2 is 1.17 bits per heavy atom.